The van der Waals surface area contributed by atoms with Gasteiger partial charge >= 0.3 is 0 Å². The van der Waals surface area contributed by atoms with E-state index in [9.17, 15) is 13.2 Å². The van der Waals surface area contributed by atoms with Gasteiger partial charge in [-0.2, -0.15) is 0 Å². The number of aryl methyl sites for hydroxylation is 1. The SMILES string of the molecule is CCS(=O)(=O)N1C[C@H](C(=O)Nc2ccc(C)cc2)Oc2ccccc21. The second-order valence-electron chi connectivity index (χ2n) is 5.86. The number of carbonyl (C=O) groups is 1. The second kappa shape index (κ2) is 6.76. The van der Waals surface area contributed by atoms with E-state index in [-0.39, 0.29) is 18.2 Å². The predicted molar refractivity (Wildman–Crippen MR) is 97.5 cm³/mol. The smallest absolute Gasteiger partial charge is 0.267 e. The summed E-state index contributed by atoms with van der Waals surface area (Å²) < 4.78 is 31.8. The molecule has 25 heavy (non-hydrogen) atoms. The largest absolute Gasteiger partial charge is 0.476 e. The van der Waals surface area contributed by atoms with Crippen LogP contribution in [0.15, 0.2) is 48.5 Å². The Balaban J connectivity index is 1.86. The van der Waals surface area contributed by atoms with E-state index < -0.39 is 16.1 Å². The van der Waals surface area contributed by atoms with Crippen LogP contribution in [0.3, 0.4) is 0 Å². The number of carbonyl (C=O) groups excluding carboxylic acids is 1. The maximum atomic E-state index is 12.6. The Bertz CT molecular complexity index is 878. The minimum Gasteiger partial charge on any atom is -0.476 e. The van der Waals surface area contributed by atoms with E-state index >= 15 is 0 Å². The summed E-state index contributed by atoms with van der Waals surface area (Å²) in [5.74, 6) is -0.0438. The molecule has 0 saturated carbocycles. The Labute approximate surface area is 147 Å². The average Bonchev–Trinajstić information content (AvgIpc) is 2.62. The molecular weight excluding hydrogens is 340 g/mol. The quantitative estimate of drug-likeness (QED) is 0.909. The predicted octanol–water partition coefficient (Wildman–Crippen LogP) is 2.55. The van der Waals surface area contributed by atoms with Crippen molar-refractivity contribution in [1.29, 1.82) is 0 Å². The van der Waals surface area contributed by atoms with Crippen molar-refractivity contribution in [1.82, 2.24) is 0 Å². The lowest BCUT2D eigenvalue weighted by atomic mass is 10.2. The number of benzene rings is 2. The van der Waals surface area contributed by atoms with Crippen molar-refractivity contribution < 1.29 is 17.9 Å². The third-order valence-corrected chi connectivity index (χ3v) is 5.79. The van der Waals surface area contributed by atoms with Gasteiger partial charge in [-0.3, -0.25) is 9.10 Å². The fraction of sp³-hybridized carbons (Fsp3) is 0.278. The molecule has 0 saturated heterocycles. The molecule has 0 aromatic heterocycles. The van der Waals surface area contributed by atoms with Crippen LogP contribution in [0.5, 0.6) is 5.75 Å². The van der Waals surface area contributed by atoms with E-state index in [0.717, 1.165) is 5.56 Å². The van der Waals surface area contributed by atoms with E-state index in [1.807, 2.05) is 19.1 Å². The molecule has 2 aromatic carbocycles. The molecule has 1 N–H and O–H groups in total. The Kier molecular flexibility index (Phi) is 4.67. The van der Waals surface area contributed by atoms with Crippen molar-refractivity contribution in [2.45, 2.75) is 20.0 Å². The van der Waals surface area contributed by atoms with Gasteiger partial charge in [-0.15, -0.1) is 0 Å². The first-order valence-electron chi connectivity index (χ1n) is 8.04. The van der Waals surface area contributed by atoms with Crippen LogP contribution >= 0.6 is 0 Å². The summed E-state index contributed by atoms with van der Waals surface area (Å²) in [6.45, 7) is 3.49. The van der Waals surface area contributed by atoms with Crippen molar-refractivity contribution in [3.05, 3.63) is 54.1 Å². The molecule has 2 aromatic rings. The van der Waals surface area contributed by atoms with Crippen molar-refractivity contribution in [3.63, 3.8) is 0 Å². The van der Waals surface area contributed by atoms with Crippen LogP contribution < -0.4 is 14.4 Å². The van der Waals surface area contributed by atoms with Gasteiger partial charge in [0.1, 0.15) is 5.75 Å². The molecule has 1 heterocycles. The molecule has 0 spiro atoms. The number of ether oxygens (including phenoxy) is 1. The van der Waals surface area contributed by atoms with Gasteiger partial charge in [0.15, 0.2) is 6.10 Å². The van der Waals surface area contributed by atoms with Gasteiger partial charge in [-0.1, -0.05) is 29.8 Å². The number of hydrogen-bond acceptors (Lipinski definition) is 4. The Morgan fingerprint density at radius 2 is 1.88 bits per heavy atom. The molecule has 0 aliphatic carbocycles. The maximum absolute atomic E-state index is 12.6. The number of hydrogen-bond donors (Lipinski definition) is 1. The van der Waals surface area contributed by atoms with Crippen LogP contribution in [0.25, 0.3) is 0 Å². The number of anilines is 2. The molecule has 0 fully saturated rings. The highest BCUT2D eigenvalue weighted by Crippen LogP contribution is 2.35. The van der Waals surface area contributed by atoms with Gasteiger partial charge < -0.3 is 10.1 Å². The third kappa shape index (κ3) is 3.61. The Morgan fingerprint density at radius 1 is 1.20 bits per heavy atom. The molecule has 3 rings (SSSR count). The van der Waals surface area contributed by atoms with Gasteiger partial charge in [0.2, 0.25) is 10.0 Å². The topological polar surface area (TPSA) is 75.7 Å². The minimum absolute atomic E-state index is 0.0480. The standard InChI is InChI=1S/C18H20N2O4S/c1-3-25(22,23)20-12-17(24-16-7-5-4-6-15(16)20)18(21)19-14-10-8-13(2)9-11-14/h4-11,17H,3,12H2,1-2H3,(H,19,21)/t17-/m1/s1. The van der Waals surface area contributed by atoms with Crippen molar-refractivity contribution in [3.8, 4) is 5.75 Å². The lowest BCUT2D eigenvalue weighted by Crippen LogP contribution is -2.49. The third-order valence-electron chi connectivity index (χ3n) is 4.05. The molecule has 0 bridgehead atoms. The number of rotatable bonds is 4. The summed E-state index contributed by atoms with van der Waals surface area (Å²) in [5, 5.41) is 2.77. The fourth-order valence-corrected chi connectivity index (χ4v) is 3.74. The Hall–Kier alpha value is -2.54. The van der Waals surface area contributed by atoms with Gasteiger partial charge in [-0.05, 0) is 38.1 Å². The summed E-state index contributed by atoms with van der Waals surface area (Å²) >= 11 is 0. The molecule has 0 unspecified atom stereocenters. The van der Waals surface area contributed by atoms with E-state index in [0.29, 0.717) is 17.1 Å². The molecule has 6 nitrogen and oxygen atoms in total. The van der Waals surface area contributed by atoms with Gasteiger partial charge in [0, 0.05) is 5.69 Å². The minimum atomic E-state index is -3.51. The van der Waals surface area contributed by atoms with Crippen LogP contribution in [0, 0.1) is 6.92 Å². The summed E-state index contributed by atoms with van der Waals surface area (Å²) in [6, 6.07) is 14.2. The van der Waals surface area contributed by atoms with Crippen molar-refractivity contribution in [2.24, 2.45) is 0 Å². The van der Waals surface area contributed by atoms with E-state index in [4.69, 9.17) is 4.74 Å². The zero-order valence-corrected chi connectivity index (χ0v) is 14.9. The monoisotopic (exact) mass is 360 g/mol. The van der Waals surface area contributed by atoms with Gasteiger partial charge in [0.25, 0.3) is 5.91 Å². The highest BCUT2D eigenvalue weighted by molar-refractivity contribution is 7.92. The number of nitrogens with one attached hydrogen (secondary N) is 1. The molecule has 0 radical (unpaired) electrons. The molecule has 1 aliphatic heterocycles. The molecule has 7 heteroatoms. The number of fused-ring (bicyclic) bond motifs is 1. The zero-order valence-electron chi connectivity index (χ0n) is 14.1. The van der Waals surface area contributed by atoms with Crippen LogP contribution in [-0.2, 0) is 14.8 Å². The maximum Gasteiger partial charge on any atom is 0.267 e. The van der Waals surface area contributed by atoms with Crippen LogP contribution in [0.4, 0.5) is 11.4 Å². The zero-order chi connectivity index (χ0) is 18.0. The fourth-order valence-electron chi connectivity index (χ4n) is 2.62. The summed E-state index contributed by atoms with van der Waals surface area (Å²) in [6.07, 6.45) is -0.919. The number of para-hydroxylation sites is 2. The lowest BCUT2D eigenvalue weighted by Gasteiger charge is -2.34. The Morgan fingerprint density at radius 3 is 2.56 bits per heavy atom. The molecule has 1 amide bonds. The second-order valence-corrected chi connectivity index (χ2v) is 8.04. The lowest BCUT2D eigenvalue weighted by molar-refractivity contribution is -0.122. The average molecular weight is 360 g/mol. The highest BCUT2D eigenvalue weighted by Gasteiger charge is 2.35. The van der Waals surface area contributed by atoms with E-state index in [2.05, 4.69) is 5.32 Å². The molecule has 132 valence electrons. The summed E-state index contributed by atoms with van der Waals surface area (Å²) in [5.41, 5.74) is 2.19. The number of nitrogens with zero attached hydrogens (tertiary/aromatic N) is 1. The summed E-state index contributed by atoms with van der Waals surface area (Å²) in [7, 11) is -3.51. The number of amides is 1. The van der Waals surface area contributed by atoms with Gasteiger partial charge in [0.05, 0.1) is 18.0 Å². The van der Waals surface area contributed by atoms with Crippen LogP contribution in [0.2, 0.25) is 0 Å². The number of sulfonamides is 1. The van der Waals surface area contributed by atoms with Crippen LogP contribution in [0.1, 0.15) is 12.5 Å². The molecule has 1 atom stereocenters. The molecular formula is C18H20N2O4S. The van der Waals surface area contributed by atoms with Crippen molar-refractivity contribution >= 4 is 27.3 Å². The van der Waals surface area contributed by atoms with E-state index in [1.54, 1.807) is 43.3 Å². The van der Waals surface area contributed by atoms with Gasteiger partial charge in [-0.25, -0.2) is 8.42 Å². The van der Waals surface area contributed by atoms with Crippen LogP contribution in [-0.4, -0.2) is 32.7 Å². The normalized spacial score (nSPS) is 16.7. The first-order chi connectivity index (χ1) is 11.9. The molecule has 1 aliphatic rings. The van der Waals surface area contributed by atoms with Crippen molar-refractivity contribution in [2.75, 3.05) is 21.9 Å². The summed E-state index contributed by atoms with van der Waals surface area (Å²) in [4.78, 5) is 12.6. The highest BCUT2D eigenvalue weighted by atomic mass is 32.2. The first kappa shape index (κ1) is 17.3. The first-order valence-corrected chi connectivity index (χ1v) is 9.65. The van der Waals surface area contributed by atoms with E-state index in [1.165, 1.54) is 4.31 Å².